The lowest BCUT2D eigenvalue weighted by Crippen LogP contribution is -2.48. The van der Waals surface area contributed by atoms with E-state index in [0.717, 1.165) is 12.8 Å². The molecule has 0 saturated carbocycles. The van der Waals surface area contributed by atoms with E-state index in [1.807, 2.05) is 0 Å². The molecule has 0 spiro atoms. The van der Waals surface area contributed by atoms with Crippen LogP contribution in [-0.2, 0) is 19.1 Å². The second-order valence-corrected chi connectivity index (χ2v) is 5.42. The fourth-order valence-electron chi connectivity index (χ4n) is 2.88. The van der Waals surface area contributed by atoms with Crippen molar-refractivity contribution in [2.75, 3.05) is 26.2 Å². The summed E-state index contributed by atoms with van der Waals surface area (Å²) in [5.74, 6) is -0.719. The Morgan fingerprint density at radius 3 is 2.85 bits per heavy atom. The first kappa shape index (κ1) is 14.8. The molecule has 0 bridgehead atoms. The Kier molecular flexibility index (Phi) is 4.98. The van der Waals surface area contributed by atoms with Gasteiger partial charge in [0.25, 0.3) is 0 Å². The molecule has 6 heteroatoms. The molecule has 0 aromatic rings. The van der Waals surface area contributed by atoms with E-state index < -0.39 is 0 Å². The summed E-state index contributed by atoms with van der Waals surface area (Å²) in [6.07, 6.45) is 2.53. The molecule has 6 nitrogen and oxygen atoms in total. The summed E-state index contributed by atoms with van der Waals surface area (Å²) in [6, 6.07) is 0. The van der Waals surface area contributed by atoms with Gasteiger partial charge >= 0.3 is 5.97 Å². The van der Waals surface area contributed by atoms with Gasteiger partial charge in [-0.1, -0.05) is 0 Å². The van der Waals surface area contributed by atoms with Crippen LogP contribution >= 0.6 is 0 Å². The Balaban J connectivity index is 1.92. The zero-order chi connectivity index (χ0) is 14.5. The largest absolute Gasteiger partial charge is 0.466 e. The van der Waals surface area contributed by atoms with Crippen LogP contribution in [-0.4, -0.2) is 48.9 Å². The first-order valence-electron chi connectivity index (χ1n) is 7.34. The van der Waals surface area contributed by atoms with E-state index in [1.165, 1.54) is 0 Å². The molecule has 2 atom stereocenters. The van der Waals surface area contributed by atoms with Gasteiger partial charge < -0.3 is 15.0 Å². The third-order valence-electron chi connectivity index (χ3n) is 3.95. The molecular weight excluding hydrogens is 260 g/mol. The highest BCUT2D eigenvalue weighted by atomic mass is 16.5. The average Bonchev–Trinajstić information content (AvgIpc) is 2.47. The van der Waals surface area contributed by atoms with Crippen LogP contribution < -0.4 is 5.32 Å². The summed E-state index contributed by atoms with van der Waals surface area (Å²) < 4.78 is 5.03. The molecule has 20 heavy (non-hydrogen) atoms. The summed E-state index contributed by atoms with van der Waals surface area (Å²) in [5.41, 5.74) is 0. The highest BCUT2D eigenvalue weighted by Crippen LogP contribution is 2.22. The van der Waals surface area contributed by atoms with E-state index in [4.69, 9.17) is 4.74 Å². The van der Waals surface area contributed by atoms with Gasteiger partial charge in [0.05, 0.1) is 12.5 Å². The topological polar surface area (TPSA) is 75.7 Å². The van der Waals surface area contributed by atoms with E-state index in [-0.39, 0.29) is 36.0 Å². The molecule has 2 aliphatic rings. The van der Waals surface area contributed by atoms with Crippen LogP contribution in [0.2, 0.25) is 0 Å². The van der Waals surface area contributed by atoms with E-state index in [2.05, 4.69) is 5.32 Å². The maximum absolute atomic E-state index is 12.4. The normalized spacial score (nSPS) is 26.9. The zero-order valence-corrected chi connectivity index (χ0v) is 11.9. The van der Waals surface area contributed by atoms with Gasteiger partial charge in [0.15, 0.2) is 0 Å². The minimum Gasteiger partial charge on any atom is -0.466 e. The van der Waals surface area contributed by atoms with Crippen molar-refractivity contribution in [1.82, 2.24) is 10.2 Å². The molecule has 2 rings (SSSR count). The number of carbonyl (C=O) groups excluding carboxylic acids is 3. The van der Waals surface area contributed by atoms with Crippen molar-refractivity contribution in [2.24, 2.45) is 11.8 Å². The number of hydrogen-bond acceptors (Lipinski definition) is 4. The van der Waals surface area contributed by atoms with Gasteiger partial charge in [-0.05, 0) is 26.2 Å². The molecule has 2 unspecified atom stereocenters. The number of carbonyl (C=O) groups is 3. The van der Waals surface area contributed by atoms with Gasteiger partial charge in [-0.3, -0.25) is 14.4 Å². The lowest BCUT2D eigenvalue weighted by Gasteiger charge is -2.34. The average molecular weight is 282 g/mol. The summed E-state index contributed by atoms with van der Waals surface area (Å²) in [6.45, 7) is 3.81. The van der Waals surface area contributed by atoms with Crippen molar-refractivity contribution in [3.05, 3.63) is 0 Å². The minimum absolute atomic E-state index is 0.00819. The van der Waals surface area contributed by atoms with Crippen molar-refractivity contribution >= 4 is 17.8 Å². The SMILES string of the molecule is CCOC(=O)C1CCCN(C(=O)C2CCNC(=O)C2)C1. The Hall–Kier alpha value is -1.59. The van der Waals surface area contributed by atoms with Crippen molar-refractivity contribution in [1.29, 1.82) is 0 Å². The van der Waals surface area contributed by atoms with Crippen molar-refractivity contribution in [3.8, 4) is 0 Å². The fourth-order valence-corrected chi connectivity index (χ4v) is 2.88. The maximum Gasteiger partial charge on any atom is 0.310 e. The standard InChI is InChI=1S/C14H22N2O4/c1-2-20-14(19)11-4-3-7-16(9-11)13(18)10-5-6-15-12(17)8-10/h10-11H,2-9H2,1H3,(H,15,17). The lowest BCUT2D eigenvalue weighted by atomic mass is 9.92. The molecular formula is C14H22N2O4. The van der Waals surface area contributed by atoms with E-state index in [1.54, 1.807) is 11.8 Å². The molecule has 2 saturated heterocycles. The Morgan fingerprint density at radius 1 is 1.35 bits per heavy atom. The predicted octanol–water partition coefficient (Wildman–Crippen LogP) is 0.314. The van der Waals surface area contributed by atoms with Crippen LogP contribution in [0.15, 0.2) is 0 Å². The molecule has 2 amide bonds. The Bertz CT molecular complexity index is 397. The molecule has 2 fully saturated rings. The molecule has 1 N–H and O–H groups in total. The van der Waals surface area contributed by atoms with Crippen LogP contribution in [0.4, 0.5) is 0 Å². The monoisotopic (exact) mass is 282 g/mol. The first-order chi connectivity index (χ1) is 9.61. The summed E-state index contributed by atoms with van der Waals surface area (Å²) in [5, 5.41) is 2.73. The summed E-state index contributed by atoms with van der Waals surface area (Å²) in [4.78, 5) is 37.3. The van der Waals surface area contributed by atoms with Crippen LogP contribution in [0.1, 0.15) is 32.6 Å². The van der Waals surface area contributed by atoms with Gasteiger partial charge in [-0.15, -0.1) is 0 Å². The van der Waals surface area contributed by atoms with Gasteiger partial charge in [0.2, 0.25) is 11.8 Å². The van der Waals surface area contributed by atoms with Crippen molar-refractivity contribution < 1.29 is 19.1 Å². The number of piperidine rings is 2. The third kappa shape index (κ3) is 3.49. The molecule has 0 aromatic heterocycles. The van der Waals surface area contributed by atoms with Crippen LogP contribution in [0.3, 0.4) is 0 Å². The number of likely N-dealkylation sites (tertiary alicyclic amines) is 1. The Morgan fingerprint density at radius 2 is 2.15 bits per heavy atom. The van der Waals surface area contributed by atoms with Gasteiger partial charge in [-0.2, -0.15) is 0 Å². The molecule has 2 heterocycles. The number of hydrogen-bond donors (Lipinski definition) is 1. The van der Waals surface area contributed by atoms with E-state index >= 15 is 0 Å². The van der Waals surface area contributed by atoms with Crippen LogP contribution in [0, 0.1) is 11.8 Å². The zero-order valence-electron chi connectivity index (χ0n) is 11.9. The maximum atomic E-state index is 12.4. The van der Waals surface area contributed by atoms with Crippen LogP contribution in [0.5, 0.6) is 0 Å². The molecule has 0 aliphatic carbocycles. The predicted molar refractivity (Wildman–Crippen MR) is 71.7 cm³/mol. The first-order valence-corrected chi connectivity index (χ1v) is 7.34. The fraction of sp³-hybridized carbons (Fsp3) is 0.786. The summed E-state index contributed by atoms with van der Waals surface area (Å²) >= 11 is 0. The molecule has 0 radical (unpaired) electrons. The number of ether oxygens (including phenoxy) is 1. The minimum atomic E-state index is -0.232. The second kappa shape index (κ2) is 6.72. The molecule has 2 aliphatic heterocycles. The quantitative estimate of drug-likeness (QED) is 0.756. The van der Waals surface area contributed by atoms with Gasteiger partial charge in [-0.25, -0.2) is 0 Å². The number of nitrogens with zero attached hydrogens (tertiary/aromatic N) is 1. The van der Waals surface area contributed by atoms with E-state index in [9.17, 15) is 14.4 Å². The molecule has 112 valence electrons. The van der Waals surface area contributed by atoms with Crippen molar-refractivity contribution in [3.63, 3.8) is 0 Å². The van der Waals surface area contributed by atoms with Gasteiger partial charge in [0.1, 0.15) is 0 Å². The highest BCUT2D eigenvalue weighted by molar-refractivity contribution is 5.87. The summed E-state index contributed by atoms with van der Waals surface area (Å²) in [7, 11) is 0. The van der Waals surface area contributed by atoms with Crippen molar-refractivity contribution in [2.45, 2.75) is 32.6 Å². The number of rotatable bonds is 3. The second-order valence-electron chi connectivity index (χ2n) is 5.42. The third-order valence-corrected chi connectivity index (χ3v) is 3.95. The van der Waals surface area contributed by atoms with E-state index in [0.29, 0.717) is 32.7 Å². The smallest absolute Gasteiger partial charge is 0.310 e. The van der Waals surface area contributed by atoms with Gasteiger partial charge in [0, 0.05) is 32.0 Å². The Labute approximate surface area is 118 Å². The number of nitrogens with one attached hydrogen (secondary N) is 1. The number of amides is 2. The van der Waals surface area contributed by atoms with Crippen LogP contribution in [0.25, 0.3) is 0 Å². The molecule has 0 aromatic carbocycles. The number of esters is 1. The highest BCUT2D eigenvalue weighted by Gasteiger charge is 2.34. The lowest BCUT2D eigenvalue weighted by molar-refractivity contribution is -0.152.